The van der Waals surface area contributed by atoms with E-state index >= 15 is 0 Å². The van der Waals surface area contributed by atoms with Gasteiger partial charge in [-0.1, -0.05) is 5.57 Å². The van der Waals surface area contributed by atoms with Gasteiger partial charge in [-0.15, -0.1) is 24.0 Å². The van der Waals surface area contributed by atoms with E-state index in [1.165, 1.54) is 15.3 Å². The first-order chi connectivity index (χ1) is 5.09. The molecule has 0 radical (unpaired) electrons. The highest BCUT2D eigenvalue weighted by Crippen LogP contribution is 2.26. The van der Waals surface area contributed by atoms with Gasteiger partial charge in [0, 0.05) is 14.6 Å². The monoisotopic (exact) mass is 184 g/mol. The van der Waals surface area contributed by atoms with Gasteiger partial charge in [0.05, 0.1) is 0 Å². The summed E-state index contributed by atoms with van der Waals surface area (Å²) in [5.74, 6) is 0. The molecule has 0 fully saturated rings. The molecule has 0 atom stereocenters. The van der Waals surface area contributed by atoms with E-state index in [1.54, 1.807) is 11.3 Å². The van der Waals surface area contributed by atoms with Gasteiger partial charge >= 0.3 is 0 Å². The van der Waals surface area contributed by atoms with Gasteiger partial charge in [-0.25, -0.2) is 0 Å². The largest absolute Gasteiger partial charge is 0.142 e. The van der Waals surface area contributed by atoms with Crippen LogP contribution in [-0.2, 0) is 0 Å². The second kappa shape index (κ2) is 3.46. The molecule has 0 saturated heterocycles. The van der Waals surface area contributed by atoms with Crippen LogP contribution in [0.4, 0.5) is 0 Å². The van der Waals surface area contributed by atoms with Crippen molar-refractivity contribution in [2.75, 3.05) is 0 Å². The zero-order valence-corrected chi connectivity index (χ0v) is 8.72. The molecule has 0 bridgehead atoms. The summed E-state index contributed by atoms with van der Waals surface area (Å²) in [5, 5.41) is 0. The second-order valence-corrected chi connectivity index (χ2v) is 4.60. The molecular weight excluding hydrogens is 172 g/mol. The fraction of sp³-hybridized carbons (Fsp3) is 0.333. The van der Waals surface area contributed by atoms with Crippen LogP contribution in [-0.4, -0.2) is 0 Å². The fourth-order valence-electron chi connectivity index (χ4n) is 0.884. The average Bonchev–Trinajstić information content (AvgIpc) is 2.09. The second-order valence-electron chi connectivity index (χ2n) is 2.83. The molecule has 0 aliphatic carbocycles. The van der Waals surface area contributed by atoms with Crippen molar-refractivity contribution >= 4 is 30.0 Å². The van der Waals surface area contributed by atoms with Gasteiger partial charge < -0.3 is 0 Å². The summed E-state index contributed by atoms with van der Waals surface area (Å²) in [5.41, 5.74) is 1.32. The molecule has 1 aromatic heterocycles. The van der Waals surface area contributed by atoms with Crippen LogP contribution < -0.4 is 0 Å². The minimum Gasteiger partial charge on any atom is -0.142 e. The van der Waals surface area contributed by atoms with Crippen molar-refractivity contribution in [3.05, 3.63) is 21.4 Å². The van der Waals surface area contributed by atoms with E-state index < -0.39 is 0 Å². The van der Waals surface area contributed by atoms with E-state index in [0.717, 1.165) is 4.90 Å². The van der Waals surface area contributed by atoms with E-state index in [4.69, 9.17) is 0 Å². The molecule has 0 spiro atoms. The Hall–Kier alpha value is -0.210. The lowest BCUT2D eigenvalue weighted by Crippen LogP contribution is -1.65. The van der Waals surface area contributed by atoms with Crippen LogP contribution in [0.25, 0.3) is 6.08 Å². The van der Waals surface area contributed by atoms with Crippen LogP contribution in [0.2, 0.25) is 0 Å². The van der Waals surface area contributed by atoms with Crippen LogP contribution in [0.1, 0.15) is 23.6 Å². The number of rotatable bonds is 1. The normalized spacial score (nSPS) is 9.82. The summed E-state index contributed by atoms with van der Waals surface area (Å²) >= 11 is 6.15. The van der Waals surface area contributed by atoms with Gasteiger partial charge in [0.2, 0.25) is 0 Å². The lowest BCUT2D eigenvalue weighted by molar-refractivity contribution is 1.41. The maximum absolute atomic E-state index is 4.36. The smallest absolute Gasteiger partial charge is 0.0405 e. The van der Waals surface area contributed by atoms with Crippen molar-refractivity contribution in [2.24, 2.45) is 0 Å². The summed E-state index contributed by atoms with van der Waals surface area (Å²) in [7, 11) is 0. The first-order valence-electron chi connectivity index (χ1n) is 3.54. The van der Waals surface area contributed by atoms with E-state index in [0.29, 0.717) is 0 Å². The number of aryl methyl sites for hydroxylation is 1. The Labute approximate surface area is 77.4 Å². The Morgan fingerprint density at radius 3 is 2.55 bits per heavy atom. The Balaban J connectivity index is 3.04. The number of thiophene rings is 1. The summed E-state index contributed by atoms with van der Waals surface area (Å²) in [6, 6.07) is 2.10. The molecule has 1 heterocycles. The third kappa shape index (κ3) is 2.38. The first-order valence-corrected chi connectivity index (χ1v) is 4.80. The molecule has 0 unspecified atom stereocenters. The summed E-state index contributed by atoms with van der Waals surface area (Å²) < 4.78 is 0. The van der Waals surface area contributed by atoms with E-state index in [9.17, 15) is 0 Å². The molecule has 2 heteroatoms. The molecule has 0 saturated carbocycles. The average molecular weight is 184 g/mol. The van der Waals surface area contributed by atoms with E-state index in [1.807, 2.05) is 0 Å². The number of hydrogen-bond acceptors (Lipinski definition) is 2. The maximum Gasteiger partial charge on any atom is 0.0405 e. The predicted octanol–water partition coefficient (Wildman–Crippen LogP) is 3.77. The van der Waals surface area contributed by atoms with Crippen molar-refractivity contribution in [2.45, 2.75) is 25.7 Å². The van der Waals surface area contributed by atoms with Crippen molar-refractivity contribution in [3.63, 3.8) is 0 Å². The minimum atomic E-state index is 1.09. The maximum atomic E-state index is 4.36. The topological polar surface area (TPSA) is 0 Å². The molecule has 0 aromatic carbocycles. The number of allylic oxidation sites excluding steroid dienone is 1. The molecule has 0 nitrogen and oxygen atoms in total. The third-order valence-corrected chi connectivity index (χ3v) is 2.80. The van der Waals surface area contributed by atoms with Crippen molar-refractivity contribution < 1.29 is 0 Å². The van der Waals surface area contributed by atoms with Gasteiger partial charge in [0.1, 0.15) is 0 Å². The number of thiol groups is 1. The predicted molar refractivity (Wildman–Crippen MR) is 55.6 cm³/mol. The highest BCUT2D eigenvalue weighted by molar-refractivity contribution is 7.80. The zero-order valence-electron chi connectivity index (χ0n) is 7.01. The molecule has 1 rings (SSSR count). The van der Waals surface area contributed by atoms with Gasteiger partial charge in [0.25, 0.3) is 0 Å². The first kappa shape index (κ1) is 8.88. The molecule has 11 heavy (non-hydrogen) atoms. The van der Waals surface area contributed by atoms with Crippen LogP contribution in [0.5, 0.6) is 0 Å². The molecule has 0 N–H and O–H groups in total. The highest BCUT2D eigenvalue weighted by Gasteiger charge is 1.99. The van der Waals surface area contributed by atoms with Crippen LogP contribution in [0.15, 0.2) is 16.5 Å². The highest BCUT2D eigenvalue weighted by atomic mass is 32.1. The van der Waals surface area contributed by atoms with E-state index in [-0.39, 0.29) is 0 Å². The van der Waals surface area contributed by atoms with Crippen molar-refractivity contribution in [1.29, 1.82) is 0 Å². The van der Waals surface area contributed by atoms with Crippen molar-refractivity contribution in [1.82, 2.24) is 0 Å². The summed E-state index contributed by atoms with van der Waals surface area (Å²) in [4.78, 5) is 3.68. The SMILES string of the molecule is CC(C)=Cc1sc(C)cc1S. The Bertz CT molecular complexity index is 278. The summed E-state index contributed by atoms with van der Waals surface area (Å²) in [6.07, 6.45) is 2.17. The standard InChI is InChI=1S/C9H12S2/c1-6(2)4-9-8(10)5-7(3)11-9/h4-5,10H,1-3H3. The fourth-order valence-corrected chi connectivity index (χ4v) is 2.35. The zero-order chi connectivity index (χ0) is 8.43. The molecule has 60 valence electrons. The summed E-state index contributed by atoms with van der Waals surface area (Å²) in [6.45, 7) is 6.30. The van der Waals surface area contributed by atoms with Gasteiger partial charge in [0.15, 0.2) is 0 Å². The van der Waals surface area contributed by atoms with Gasteiger partial charge in [-0.2, -0.15) is 0 Å². The minimum absolute atomic E-state index is 1.09. The molecule has 0 aliphatic rings. The third-order valence-electron chi connectivity index (χ3n) is 1.28. The molecule has 0 amide bonds. The lowest BCUT2D eigenvalue weighted by atomic mass is 10.3. The van der Waals surface area contributed by atoms with Crippen LogP contribution in [0, 0.1) is 6.92 Å². The van der Waals surface area contributed by atoms with Crippen LogP contribution >= 0.6 is 24.0 Å². The van der Waals surface area contributed by atoms with Crippen LogP contribution in [0.3, 0.4) is 0 Å². The lowest BCUT2D eigenvalue weighted by Gasteiger charge is -1.89. The van der Waals surface area contributed by atoms with Gasteiger partial charge in [-0.3, -0.25) is 0 Å². The van der Waals surface area contributed by atoms with Crippen molar-refractivity contribution in [3.8, 4) is 0 Å². The number of hydrogen-bond donors (Lipinski definition) is 1. The Morgan fingerprint density at radius 1 is 1.55 bits per heavy atom. The molecule has 1 aromatic rings. The molecular formula is C9H12S2. The quantitative estimate of drug-likeness (QED) is 0.631. The van der Waals surface area contributed by atoms with E-state index in [2.05, 4.69) is 45.5 Å². The molecule has 0 aliphatic heterocycles. The van der Waals surface area contributed by atoms with Gasteiger partial charge in [-0.05, 0) is 32.9 Å². The Kier molecular flexibility index (Phi) is 2.79. The Morgan fingerprint density at radius 2 is 2.18 bits per heavy atom.